The molecule has 0 bridgehead atoms. The van der Waals surface area contributed by atoms with Gasteiger partial charge in [-0.25, -0.2) is 13.2 Å². The van der Waals surface area contributed by atoms with Gasteiger partial charge in [-0.15, -0.1) is 0 Å². The number of hydrogen-bond donors (Lipinski definition) is 2. The van der Waals surface area contributed by atoms with Crippen molar-refractivity contribution in [1.82, 2.24) is 5.32 Å². The number of ether oxygens (including phenoxy) is 1. The average molecular weight is 404 g/mol. The Morgan fingerprint density at radius 1 is 1.11 bits per heavy atom. The van der Waals surface area contributed by atoms with E-state index in [9.17, 15) is 18.3 Å². The first-order valence-corrected chi connectivity index (χ1v) is 10.4. The number of amides is 1. The van der Waals surface area contributed by atoms with Crippen LogP contribution < -0.4 is 5.32 Å². The van der Waals surface area contributed by atoms with Gasteiger partial charge >= 0.3 is 6.09 Å². The maximum Gasteiger partial charge on any atom is 0.408 e. The Bertz CT molecular complexity index is 914. The minimum Gasteiger partial charge on any atom is -0.508 e. The second-order valence-corrected chi connectivity index (χ2v) is 9.14. The predicted molar refractivity (Wildman–Crippen MR) is 108 cm³/mol. The molecule has 0 unspecified atom stereocenters. The highest BCUT2D eigenvalue weighted by Crippen LogP contribution is 2.15. The number of aromatic hydroxyl groups is 1. The lowest BCUT2D eigenvalue weighted by Gasteiger charge is -2.22. The summed E-state index contributed by atoms with van der Waals surface area (Å²) in [6.45, 7) is 5.24. The van der Waals surface area contributed by atoms with E-state index in [0.717, 1.165) is 11.0 Å². The Labute approximate surface area is 165 Å². The number of phenols is 1. The number of nitrogens with one attached hydrogen (secondary N) is 1. The summed E-state index contributed by atoms with van der Waals surface area (Å²) in [6.07, 6.45) is 1.12. The molecule has 0 aliphatic carbocycles. The summed E-state index contributed by atoms with van der Waals surface area (Å²) in [5.74, 6) is 0.127. The Morgan fingerprint density at radius 2 is 1.71 bits per heavy atom. The maximum absolute atomic E-state index is 12.5. The summed E-state index contributed by atoms with van der Waals surface area (Å²) in [7, 11) is -3.64. The highest BCUT2D eigenvalue weighted by atomic mass is 32.2. The van der Waals surface area contributed by atoms with Crippen LogP contribution in [0.1, 0.15) is 26.3 Å². The average Bonchev–Trinajstić information content (AvgIpc) is 2.61. The molecule has 2 aromatic rings. The van der Waals surface area contributed by atoms with Crippen molar-refractivity contribution in [3.05, 3.63) is 71.6 Å². The van der Waals surface area contributed by atoms with Crippen molar-refractivity contribution < 1.29 is 23.1 Å². The van der Waals surface area contributed by atoms with Crippen molar-refractivity contribution in [2.45, 2.75) is 43.7 Å². The largest absolute Gasteiger partial charge is 0.508 e. The minimum absolute atomic E-state index is 0.127. The summed E-state index contributed by atoms with van der Waals surface area (Å²) in [5.41, 5.74) is 0.146. The predicted octanol–water partition coefficient (Wildman–Crippen LogP) is 3.82. The van der Waals surface area contributed by atoms with Crippen LogP contribution in [0.2, 0.25) is 0 Å². The van der Waals surface area contributed by atoms with Gasteiger partial charge in [0.2, 0.25) is 0 Å². The topological polar surface area (TPSA) is 92.7 Å². The van der Waals surface area contributed by atoms with Gasteiger partial charge in [0.05, 0.1) is 10.9 Å². The molecule has 0 saturated carbocycles. The Morgan fingerprint density at radius 3 is 2.29 bits per heavy atom. The smallest absolute Gasteiger partial charge is 0.408 e. The number of alkyl carbamates (subject to hydrolysis) is 1. The number of phenolic OH excluding ortho intramolecular Hbond substituents is 1. The van der Waals surface area contributed by atoms with Crippen LogP contribution in [-0.4, -0.2) is 31.3 Å². The molecule has 1 atom stereocenters. The number of rotatable bonds is 6. The Balaban J connectivity index is 2.21. The number of carbonyl (C=O) groups is 1. The van der Waals surface area contributed by atoms with Crippen molar-refractivity contribution in [1.29, 1.82) is 0 Å². The van der Waals surface area contributed by atoms with E-state index < -0.39 is 27.6 Å². The zero-order valence-corrected chi connectivity index (χ0v) is 16.9. The van der Waals surface area contributed by atoms with Gasteiger partial charge in [0.25, 0.3) is 0 Å². The molecule has 150 valence electrons. The molecule has 1 amide bonds. The molecule has 6 nitrogen and oxygen atoms in total. The summed E-state index contributed by atoms with van der Waals surface area (Å²) < 4.78 is 30.2. The second kappa shape index (κ2) is 8.93. The summed E-state index contributed by atoms with van der Waals surface area (Å²) in [6, 6.07) is 13.9. The number of carbonyl (C=O) groups excluding carboxylic acids is 1. The minimum atomic E-state index is -3.64. The first-order valence-electron chi connectivity index (χ1n) is 8.81. The quantitative estimate of drug-likeness (QED) is 0.765. The van der Waals surface area contributed by atoms with Crippen molar-refractivity contribution in [2.24, 2.45) is 0 Å². The Kier molecular flexibility index (Phi) is 6.85. The normalized spacial score (nSPS) is 13.2. The third-order valence-electron chi connectivity index (χ3n) is 3.66. The molecule has 0 saturated heterocycles. The van der Waals surface area contributed by atoms with E-state index in [1.165, 1.54) is 30.3 Å². The monoisotopic (exact) mass is 403 g/mol. The highest BCUT2D eigenvalue weighted by Gasteiger charge is 2.19. The van der Waals surface area contributed by atoms with Crippen LogP contribution in [0, 0.1) is 0 Å². The highest BCUT2D eigenvalue weighted by molar-refractivity contribution is 7.94. The van der Waals surface area contributed by atoms with E-state index in [4.69, 9.17) is 4.74 Å². The fourth-order valence-corrected chi connectivity index (χ4v) is 3.49. The van der Waals surface area contributed by atoms with Crippen LogP contribution in [0.3, 0.4) is 0 Å². The third kappa shape index (κ3) is 7.08. The van der Waals surface area contributed by atoms with Crippen LogP contribution in [0.15, 0.2) is 71.0 Å². The van der Waals surface area contributed by atoms with Crippen LogP contribution in [0.4, 0.5) is 4.79 Å². The molecule has 2 aromatic carbocycles. The molecule has 0 aliphatic heterocycles. The molecule has 7 heteroatoms. The zero-order chi connectivity index (χ0) is 20.8. The van der Waals surface area contributed by atoms with Crippen LogP contribution in [-0.2, 0) is 21.0 Å². The SMILES string of the molecule is CC(C)(C)OC(=O)N[C@H](/C=C/S(=O)(=O)c1ccccc1)Cc1ccc(O)cc1. The molecule has 0 spiro atoms. The Hall–Kier alpha value is -2.80. The zero-order valence-electron chi connectivity index (χ0n) is 16.1. The molecule has 0 radical (unpaired) electrons. The van der Waals surface area contributed by atoms with E-state index in [2.05, 4.69) is 5.32 Å². The van der Waals surface area contributed by atoms with Crippen LogP contribution in [0.5, 0.6) is 5.75 Å². The fraction of sp³-hybridized carbons (Fsp3) is 0.286. The molecular formula is C21H25NO5S. The lowest BCUT2D eigenvalue weighted by Crippen LogP contribution is -2.39. The van der Waals surface area contributed by atoms with Gasteiger partial charge in [-0.05, 0) is 57.0 Å². The molecule has 0 aromatic heterocycles. The van der Waals surface area contributed by atoms with Gasteiger partial charge < -0.3 is 15.2 Å². The number of sulfone groups is 1. The van der Waals surface area contributed by atoms with Gasteiger partial charge in [-0.2, -0.15) is 0 Å². The number of benzene rings is 2. The van der Waals surface area contributed by atoms with Gasteiger partial charge in [0, 0.05) is 5.41 Å². The maximum atomic E-state index is 12.5. The second-order valence-electron chi connectivity index (χ2n) is 7.31. The van der Waals surface area contributed by atoms with Gasteiger partial charge in [0.1, 0.15) is 11.4 Å². The van der Waals surface area contributed by atoms with E-state index in [0.29, 0.717) is 6.42 Å². The first kappa shape index (κ1) is 21.5. The van der Waals surface area contributed by atoms with Crippen molar-refractivity contribution in [3.8, 4) is 5.75 Å². The summed E-state index contributed by atoms with van der Waals surface area (Å²) in [4.78, 5) is 12.3. The number of hydrogen-bond acceptors (Lipinski definition) is 5. The lowest BCUT2D eigenvalue weighted by molar-refractivity contribution is 0.0514. The van der Waals surface area contributed by atoms with E-state index >= 15 is 0 Å². The molecular weight excluding hydrogens is 378 g/mol. The molecule has 2 N–H and O–H groups in total. The molecule has 0 aliphatic rings. The van der Waals surface area contributed by atoms with E-state index in [-0.39, 0.29) is 10.6 Å². The summed E-state index contributed by atoms with van der Waals surface area (Å²) in [5, 5.41) is 13.2. The standard InChI is InChI=1S/C21H25NO5S/c1-21(2,3)27-20(24)22-17(15-16-9-11-18(23)12-10-16)13-14-28(25,26)19-7-5-4-6-8-19/h4-14,17,23H,15H2,1-3H3,(H,22,24)/b14-13+/t17-/m1/s1. The molecule has 28 heavy (non-hydrogen) atoms. The van der Waals surface area contributed by atoms with Gasteiger partial charge in [0.15, 0.2) is 9.84 Å². The first-order chi connectivity index (χ1) is 13.0. The van der Waals surface area contributed by atoms with Crippen molar-refractivity contribution >= 4 is 15.9 Å². The van der Waals surface area contributed by atoms with Gasteiger partial charge in [-0.3, -0.25) is 0 Å². The van der Waals surface area contributed by atoms with Crippen LogP contribution in [0.25, 0.3) is 0 Å². The fourth-order valence-electron chi connectivity index (χ4n) is 2.40. The molecule has 2 rings (SSSR count). The van der Waals surface area contributed by atoms with Crippen molar-refractivity contribution in [2.75, 3.05) is 0 Å². The van der Waals surface area contributed by atoms with E-state index in [1.807, 2.05) is 0 Å². The summed E-state index contributed by atoms with van der Waals surface area (Å²) >= 11 is 0. The van der Waals surface area contributed by atoms with Gasteiger partial charge in [-0.1, -0.05) is 36.4 Å². The lowest BCUT2D eigenvalue weighted by atomic mass is 10.1. The van der Waals surface area contributed by atoms with Crippen LogP contribution >= 0.6 is 0 Å². The van der Waals surface area contributed by atoms with Crippen molar-refractivity contribution in [3.63, 3.8) is 0 Å². The molecule has 0 heterocycles. The molecule has 0 fully saturated rings. The third-order valence-corrected chi connectivity index (χ3v) is 5.10. The van der Waals surface area contributed by atoms with E-state index in [1.54, 1.807) is 51.1 Å².